The van der Waals surface area contributed by atoms with E-state index in [2.05, 4.69) is 0 Å². The third-order valence-electron chi connectivity index (χ3n) is 3.91. The van der Waals surface area contributed by atoms with Crippen LogP contribution in [0.4, 0.5) is 10.5 Å². The van der Waals surface area contributed by atoms with Gasteiger partial charge in [0.05, 0.1) is 12.8 Å². The molecule has 2 aliphatic heterocycles. The quantitative estimate of drug-likeness (QED) is 0.842. The van der Waals surface area contributed by atoms with E-state index in [0.29, 0.717) is 24.3 Å². The van der Waals surface area contributed by atoms with Gasteiger partial charge in [0, 0.05) is 0 Å². The highest BCUT2D eigenvalue weighted by Crippen LogP contribution is 2.38. The maximum absolute atomic E-state index is 12.5. The van der Waals surface area contributed by atoms with E-state index >= 15 is 0 Å². The molecule has 2 heterocycles. The molecule has 1 aromatic carbocycles. The minimum atomic E-state index is -1.08. The minimum absolute atomic E-state index is 0.303. The van der Waals surface area contributed by atoms with E-state index in [-0.39, 0.29) is 0 Å². The number of nitrogens with zero attached hydrogens (tertiary/aromatic N) is 2. The fourth-order valence-corrected chi connectivity index (χ4v) is 2.96. The van der Waals surface area contributed by atoms with E-state index in [0.717, 1.165) is 9.80 Å². The molecule has 2 saturated heterocycles. The van der Waals surface area contributed by atoms with Crippen LogP contribution in [0.5, 0.6) is 5.75 Å². The number of methoxy groups -OCH3 is 1. The summed E-state index contributed by atoms with van der Waals surface area (Å²) in [5.41, 5.74) is 0.341. The number of carbonyl (C=O) groups excluding carboxylic acids is 2. The Morgan fingerprint density at radius 1 is 1.29 bits per heavy atom. The number of rotatable bonds is 3. The zero-order valence-electron chi connectivity index (χ0n) is 11.4. The second-order valence-corrected chi connectivity index (χ2v) is 4.98. The standard InChI is InChI=1S/C14H14N2O5/c1-21-11-5-3-2-4-8(11)16-12(17)9-6-7-10(13(18)19)15(9)14(16)20/h2-5,9-10H,6-7H2,1H3,(H,18,19)/t9-,10+/m0/s1. The summed E-state index contributed by atoms with van der Waals surface area (Å²) in [5, 5.41) is 9.17. The predicted molar refractivity (Wildman–Crippen MR) is 72.2 cm³/mol. The Hall–Kier alpha value is -2.57. The largest absolute Gasteiger partial charge is 0.495 e. The lowest BCUT2D eigenvalue weighted by atomic mass is 10.1. The molecule has 0 aromatic heterocycles. The molecule has 2 atom stereocenters. The number of carboxylic acids is 1. The molecular weight excluding hydrogens is 276 g/mol. The van der Waals surface area contributed by atoms with Gasteiger partial charge in [0.2, 0.25) is 0 Å². The molecular formula is C14H14N2O5. The number of benzene rings is 1. The number of anilines is 1. The van der Waals surface area contributed by atoms with Gasteiger partial charge >= 0.3 is 12.0 Å². The van der Waals surface area contributed by atoms with E-state index < -0.39 is 30.0 Å². The summed E-state index contributed by atoms with van der Waals surface area (Å²) in [5.74, 6) is -1.08. The van der Waals surface area contributed by atoms with Crippen molar-refractivity contribution < 1.29 is 24.2 Å². The molecule has 2 aliphatic rings. The number of para-hydroxylation sites is 2. The van der Waals surface area contributed by atoms with E-state index in [1.54, 1.807) is 24.3 Å². The molecule has 7 heteroatoms. The number of ether oxygens (including phenoxy) is 1. The van der Waals surface area contributed by atoms with Gasteiger partial charge in [-0.25, -0.2) is 14.5 Å². The van der Waals surface area contributed by atoms with Gasteiger partial charge in [-0.2, -0.15) is 0 Å². The lowest BCUT2D eigenvalue weighted by molar-refractivity contribution is -0.141. The number of fused-ring (bicyclic) bond motifs is 1. The Morgan fingerprint density at radius 3 is 2.67 bits per heavy atom. The number of imide groups is 1. The summed E-state index contributed by atoms with van der Waals surface area (Å²) in [6.07, 6.45) is 0.671. The Balaban J connectivity index is 2.01. The lowest BCUT2D eigenvalue weighted by Gasteiger charge is -2.21. The van der Waals surface area contributed by atoms with Crippen molar-refractivity contribution in [1.29, 1.82) is 0 Å². The molecule has 7 nitrogen and oxygen atoms in total. The maximum Gasteiger partial charge on any atom is 0.332 e. The first-order valence-corrected chi connectivity index (χ1v) is 6.58. The highest BCUT2D eigenvalue weighted by molar-refractivity contribution is 6.23. The van der Waals surface area contributed by atoms with Gasteiger partial charge in [-0.05, 0) is 25.0 Å². The summed E-state index contributed by atoms with van der Waals surface area (Å²) in [6, 6.07) is 4.44. The van der Waals surface area contributed by atoms with Gasteiger partial charge in [0.1, 0.15) is 17.8 Å². The molecule has 0 bridgehead atoms. The molecule has 110 valence electrons. The first-order chi connectivity index (χ1) is 10.1. The van der Waals surface area contributed by atoms with E-state index in [1.165, 1.54) is 7.11 Å². The van der Waals surface area contributed by atoms with Gasteiger partial charge in [0.25, 0.3) is 5.91 Å². The Kier molecular flexibility index (Phi) is 3.04. The Labute approximate surface area is 120 Å². The van der Waals surface area contributed by atoms with Crippen molar-refractivity contribution in [1.82, 2.24) is 4.90 Å². The summed E-state index contributed by atoms with van der Waals surface area (Å²) >= 11 is 0. The van der Waals surface area contributed by atoms with Crippen LogP contribution in [0.25, 0.3) is 0 Å². The number of amides is 3. The third kappa shape index (κ3) is 1.84. The number of urea groups is 1. The second-order valence-electron chi connectivity index (χ2n) is 4.98. The molecule has 0 unspecified atom stereocenters. The highest BCUT2D eigenvalue weighted by Gasteiger charge is 2.54. The monoisotopic (exact) mass is 290 g/mol. The lowest BCUT2D eigenvalue weighted by Crippen LogP contribution is -2.42. The van der Waals surface area contributed by atoms with Crippen molar-refractivity contribution in [2.45, 2.75) is 24.9 Å². The van der Waals surface area contributed by atoms with Gasteiger partial charge < -0.3 is 9.84 Å². The van der Waals surface area contributed by atoms with E-state index in [1.807, 2.05) is 0 Å². The molecule has 1 N–H and O–H groups in total. The molecule has 3 rings (SSSR count). The molecule has 0 aliphatic carbocycles. The van der Waals surface area contributed by atoms with Crippen LogP contribution in [0.15, 0.2) is 24.3 Å². The highest BCUT2D eigenvalue weighted by atomic mass is 16.5. The Bertz CT molecular complexity index is 630. The number of carboxylic acid groups (broad SMARTS) is 1. The average molecular weight is 290 g/mol. The first kappa shape index (κ1) is 13.4. The SMILES string of the molecule is COc1ccccc1N1C(=O)[C@@H]2CC[C@H](C(=O)O)N2C1=O. The number of hydrogen-bond acceptors (Lipinski definition) is 4. The zero-order chi connectivity index (χ0) is 15.1. The molecule has 0 spiro atoms. The maximum atomic E-state index is 12.5. The topological polar surface area (TPSA) is 87.2 Å². The summed E-state index contributed by atoms with van der Waals surface area (Å²) in [4.78, 5) is 38.3. The van der Waals surface area contributed by atoms with Crippen molar-refractivity contribution in [3.63, 3.8) is 0 Å². The van der Waals surface area contributed by atoms with Crippen LogP contribution in [-0.2, 0) is 9.59 Å². The second kappa shape index (κ2) is 4.76. The van der Waals surface area contributed by atoms with Crippen molar-refractivity contribution in [2.75, 3.05) is 12.0 Å². The molecule has 2 fully saturated rings. The number of carbonyl (C=O) groups is 3. The summed E-state index contributed by atoms with van der Waals surface area (Å²) in [7, 11) is 1.45. The first-order valence-electron chi connectivity index (χ1n) is 6.58. The van der Waals surface area contributed by atoms with Gasteiger partial charge in [-0.3, -0.25) is 9.69 Å². The Morgan fingerprint density at radius 2 is 2.00 bits per heavy atom. The van der Waals surface area contributed by atoms with Gasteiger partial charge in [-0.15, -0.1) is 0 Å². The van der Waals surface area contributed by atoms with Crippen LogP contribution < -0.4 is 9.64 Å². The average Bonchev–Trinajstić information content (AvgIpc) is 3.01. The molecule has 3 amide bonds. The molecule has 0 saturated carbocycles. The minimum Gasteiger partial charge on any atom is -0.495 e. The predicted octanol–water partition coefficient (Wildman–Crippen LogP) is 1.08. The smallest absolute Gasteiger partial charge is 0.332 e. The van der Waals surface area contributed by atoms with Crippen LogP contribution in [-0.4, -0.2) is 47.1 Å². The van der Waals surface area contributed by atoms with Crippen LogP contribution >= 0.6 is 0 Å². The van der Waals surface area contributed by atoms with Crippen LogP contribution in [0.3, 0.4) is 0 Å². The van der Waals surface area contributed by atoms with Crippen molar-refractivity contribution >= 4 is 23.6 Å². The molecule has 0 radical (unpaired) electrons. The van der Waals surface area contributed by atoms with Crippen molar-refractivity contribution in [3.8, 4) is 5.75 Å². The van der Waals surface area contributed by atoms with E-state index in [4.69, 9.17) is 4.74 Å². The molecule has 21 heavy (non-hydrogen) atoms. The van der Waals surface area contributed by atoms with Crippen LogP contribution in [0.2, 0.25) is 0 Å². The fraction of sp³-hybridized carbons (Fsp3) is 0.357. The van der Waals surface area contributed by atoms with Crippen LogP contribution in [0.1, 0.15) is 12.8 Å². The van der Waals surface area contributed by atoms with Gasteiger partial charge in [0.15, 0.2) is 0 Å². The summed E-state index contributed by atoms with van der Waals surface area (Å²) < 4.78 is 5.17. The number of hydrogen-bond donors (Lipinski definition) is 1. The van der Waals surface area contributed by atoms with Gasteiger partial charge in [-0.1, -0.05) is 12.1 Å². The fourth-order valence-electron chi connectivity index (χ4n) is 2.96. The van der Waals surface area contributed by atoms with E-state index in [9.17, 15) is 19.5 Å². The summed E-state index contributed by atoms with van der Waals surface area (Å²) in [6.45, 7) is 0. The third-order valence-corrected chi connectivity index (χ3v) is 3.91. The normalized spacial score (nSPS) is 24.4. The van der Waals surface area contributed by atoms with Crippen LogP contribution in [0, 0.1) is 0 Å². The molecule has 1 aromatic rings. The number of aliphatic carboxylic acids is 1. The van der Waals surface area contributed by atoms with Crippen molar-refractivity contribution in [2.24, 2.45) is 0 Å². The van der Waals surface area contributed by atoms with Crippen molar-refractivity contribution in [3.05, 3.63) is 24.3 Å². The zero-order valence-corrected chi connectivity index (χ0v) is 11.4.